The van der Waals surface area contributed by atoms with Gasteiger partial charge in [-0.15, -0.1) is 11.3 Å². The van der Waals surface area contributed by atoms with Crippen LogP contribution in [0.25, 0.3) is 0 Å². The Bertz CT molecular complexity index is 574. The topological polar surface area (TPSA) is 70.2 Å². The molecule has 5 nitrogen and oxygen atoms in total. The van der Waals surface area contributed by atoms with Gasteiger partial charge in [-0.05, 0) is 41.9 Å². The monoisotopic (exact) mass is 367 g/mol. The molecule has 3 atom stereocenters. The van der Waals surface area contributed by atoms with E-state index in [1.54, 1.807) is 6.07 Å². The standard InChI is InChI=1S/C17H25N3O2S2/c1-11-5-3-6-13(12(11)2)18-17(23)20-19-16(22)9-8-14(21)15-7-4-10-24-15/h4,7,10-13H,3,5-6,8-9H2,1-2H3,(H,19,22)(H2,18,20,23)/t11-,12+,13-/m0/s1. The van der Waals surface area contributed by atoms with E-state index in [0.717, 1.165) is 6.42 Å². The van der Waals surface area contributed by atoms with Crippen LogP contribution in [0.5, 0.6) is 0 Å². The van der Waals surface area contributed by atoms with Crippen molar-refractivity contribution in [3.63, 3.8) is 0 Å². The molecule has 1 aromatic rings. The van der Waals surface area contributed by atoms with Crippen LogP contribution in [0.15, 0.2) is 17.5 Å². The maximum absolute atomic E-state index is 11.8. The Hall–Kier alpha value is -1.47. The summed E-state index contributed by atoms with van der Waals surface area (Å²) < 4.78 is 0. The van der Waals surface area contributed by atoms with Crippen molar-refractivity contribution in [3.05, 3.63) is 22.4 Å². The number of amides is 1. The van der Waals surface area contributed by atoms with Gasteiger partial charge in [0.1, 0.15) is 0 Å². The first-order valence-electron chi connectivity index (χ1n) is 8.39. The van der Waals surface area contributed by atoms with Crippen molar-refractivity contribution in [2.24, 2.45) is 11.8 Å². The molecule has 24 heavy (non-hydrogen) atoms. The number of hydrazine groups is 1. The van der Waals surface area contributed by atoms with Gasteiger partial charge in [0.25, 0.3) is 0 Å². The van der Waals surface area contributed by atoms with E-state index in [-0.39, 0.29) is 24.5 Å². The Labute approximate surface area is 152 Å². The van der Waals surface area contributed by atoms with Crippen LogP contribution in [0.1, 0.15) is 55.6 Å². The molecule has 1 aliphatic carbocycles. The van der Waals surface area contributed by atoms with Gasteiger partial charge in [-0.3, -0.25) is 20.4 Å². The molecular formula is C17H25N3O2S2. The molecule has 1 aromatic heterocycles. The van der Waals surface area contributed by atoms with E-state index in [1.807, 2.05) is 11.4 Å². The second-order valence-corrected chi connectivity index (χ2v) is 7.78. The number of rotatable bonds is 5. The number of thiophene rings is 1. The first-order valence-corrected chi connectivity index (χ1v) is 9.68. The zero-order valence-corrected chi connectivity index (χ0v) is 15.8. The summed E-state index contributed by atoms with van der Waals surface area (Å²) in [5.41, 5.74) is 5.29. The summed E-state index contributed by atoms with van der Waals surface area (Å²) in [6.45, 7) is 4.50. The lowest BCUT2D eigenvalue weighted by Crippen LogP contribution is -2.52. The first-order chi connectivity index (χ1) is 11.5. The number of nitrogens with one attached hydrogen (secondary N) is 3. The molecule has 1 fully saturated rings. The predicted octanol–water partition coefficient (Wildman–Crippen LogP) is 3.03. The van der Waals surface area contributed by atoms with Crippen LogP contribution < -0.4 is 16.2 Å². The van der Waals surface area contributed by atoms with E-state index >= 15 is 0 Å². The van der Waals surface area contributed by atoms with Gasteiger partial charge in [0.15, 0.2) is 10.9 Å². The zero-order chi connectivity index (χ0) is 17.5. The second-order valence-electron chi connectivity index (χ2n) is 6.42. The minimum Gasteiger partial charge on any atom is -0.358 e. The number of ketones is 1. The highest BCUT2D eigenvalue weighted by molar-refractivity contribution is 7.80. The van der Waals surface area contributed by atoms with Gasteiger partial charge in [-0.25, -0.2) is 0 Å². The van der Waals surface area contributed by atoms with Gasteiger partial charge in [0.05, 0.1) is 4.88 Å². The fourth-order valence-corrected chi connectivity index (χ4v) is 3.86. The van der Waals surface area contributed by atoms with Gasteiger partial charge in [-0.2, -0.15) is 0 Å². The normalized spacial score (nSPS) is 23.3. The zero-order valence-electron chi connectivity index (χ0n) is 14.1. The molecule has 0 spiro atoms. The number of carbonyl (C=O) groups excluding carboxylic acids is 2. The van der Waals surface area contributed by atoms with Crippen LogP contribution in [0.3, 0.4) is 0 Å². The average Bonchev–Trinajstić information content (AvgIpc) is 3.09. The molecule has 132 valence electrons. The molecule has 0 radical (unpaired) electrons. The van der Waals surface area contributed by atoms with E-state index in [4.69, 9.17) is 12.2 Å². The van der Waals surface area contributed by atoms with E-state index in [2.05, 4.69) is 30.0 Å². The molecule has 1 saturated carbocycles. The lowest BCUT2D eigenvalue weighted by Gasteiger charge is -2.35. The quantitative estimate of drug-likeness (QED) is 0.424. The number of carbonyl (C=O) groups is 2. The maximum atomic E-state index is 11.8. The van der Waals surface area contributed by atoms with Gasteiger partial charge in [0, 0.05) is 18.9 Å². The summed E-state index contributed by atoms with van der Waals surface area (Å²) in [4.78, 5) is 24.4. The van der Waals surface area contributed by atoms with Gasteiger partial charge in [0.2, 0.25) is 5.91 Å². The molecule has 0 saturated heterocycles. The van der Waals surface area contributed by atoms with Crippen LogP contribution >= 0.6 is 23.6 Å². The van der Waals surface area contributed by atoms with Crippen molar-refractivity contribution in [1.29, 1.82) is 0 Å². The second kappa shape index (κ2) is 9.13. The summed E-state index contributed by atoms with van der Waals surface area (Å²) in [5, 5.41) is 5.56. The summed E-state index contributed by atoms with van der Waals surface area (Å²) in [5.74, 6) is 0.981. The molecule has 2 rings (SSSR count). The third kappa shape index (κ3) is 5.56. The third-order valence-corrected chi connectivity index (χ3v) is 5.84. The van der Waals surface area contributed by atoms with Crippen molar-refractivity contribution >= 4 is 40.4 Å². The van der Waals surface area contributed by atoms with Crippen LogP contribution in [0.4, 0.5) is 0 Å². The highest BCUT2D eigenvalue weighted by Crippen LogP contribution is 2.29. The smallest absolute Gasteiger partial charge is 0.238 e. The SMILES string of the molecule is C[C@H]1[C@@H](NC(=S)NNC(=O)CCC(=O)c2cccs2)CCC[C@@H]1C. The van der Waals surface area contributed by atoms with E-state index in [0.29, 0.717) is 27.9 Å². The largest absolute Gasteiger partial charge is 0.358 e. The van der Waals surface area contributed by atoms with Crippen molar-refractivity contribution in [2.75, 3.05) is 0 Å². The third-order valence-electron chi connectivity index (χ3n) is 4.71. The Morgan fingerprint density at radius 3 is 2.75 bits per heavy atom. The molecular weight excluding hydrogens is 342 g/mol. The lowest BCUT2D eigenvalue weighted by atomic mass is 9.78. The molecule has 0 aromatic carbocycles. The molecule has 0 unspecified atom stereocenters. The van der Waals surface area contributed by atoms with Crippen LogP contribution in [0.2, 0.25) is 0 Å². The Kier molecular flexibility index (Phi) is 7.17. The number of thiocarbonyl (C=S) groups is 1. The van der Waals surface area contributed by atoms with E-state index < -0.39 is 0 Å². The fourth-order valence-electron chi connectivity index (χ4n) is 2.97. The number of hydrogen-bond acceptors (Lipinski definition) is 4. The van der Waals surface area contributed by atoms with E-state index in [1.165, 1.54) is 24.2 Å². The first kappa shape index (κ1) is 18.9. The van der Waals surface area contributed by atoms with Crippen molar-refractivity contribution in [2.45, 2.75) is 52.0 Å². The maximum Gasteiger partial charge on any atom is 0.238 e. The minimum atomic E-state index is -0.242. The molecule has 0 bridgehead atoms. The minimum absolute atomic E-state index is 0.00845. The predicted molar refractivity (Wildman–Crippen MR) is 101 cm³/mol. The van der Waals surface area contributed by atoms with Crippen molar-refractivity contribution in [1.82, 2.24) is 16.2 Å². The molecule has 7 heteroatoms. The molecule has 1 aliphatic rings. The summed E-state index contributed by atoms with van der Waals surface area (Å²) in [7, 11) is 0. The highest BCUT2D eigenvalue weighted by atomic mass is 32.1. The Morgan fingerprint density at radius 1 is 1.25 bits per heavy atom. The molecule has 1 amide bonds. The van der Waals surface area contributed by atoms with Gasteiger partial charge < -0.3 is 5.32 Å². The Morgan fingerprint density at radius 2 is 2.04 bits per heavy atom. The average molecular weight is 368 g/mol. The van der Waals surface area contributed by atoms with Crippen LogP contribution in [0, 0.1) is 11.8 Å². The van der Waals surface area contributed by atoms with Crippen molar-refractivity contribution in [3.8, 4) is 0 Å². The fraction of sp³-hybridized carbons (Fsp3) is 0.588. The lowest BCUT2D eigenvalue weighted by molar-refractivity contribution is -0.121. The molecule has 1 heterocycles. The highest BCUT2D eigenvalue weighted by Gasteiger charge is 2.27. The van der Waals surface area contributed by atoms with E-state index in [9.17, 15) is 9.59 Å². The van der Waals surface area contributed by atoms with Crippen LogP contribution in [-0.2, 0) is 4.79 Å². The number of hydrogen-bond donors (Lipinski definition) is 3. The summed E-state index contributed by atoms with van der Waals surface area (Å²) in [6, 6.07) is 3.94. The van der Waals surface area contributed by atoms with Gasteiger partial charge >= 0.3 is 0 Å². The van der Waals surface area contributed by atoms with Gasteiger partial charge in [-0.1, -0.05) is 32.8 Å². The number of Topliss-reactive ketones (excluding diaryl/α,β-unsaturated/α-hetero) is 1. The summed E-state index contributed by atoms with van der Waals surface area (Å²) in [6.07, 6.45) is 3.89. The molecule has 0 aliphatic heterocycles. The van der Waals surface area contributed by atoms with Crippen LogP contribution in [-0.4, -0.2) is 22.8 Å². The molecule has 3 N–H and O–H groups in total. The van der Waals surface area contributed by atoms with Crippen molar-refractivity contribution < 1.29 is 9.59 Å². The summed E-state index contributed by atoms with van der Waals surface area (Å²) >= 11 is 6.64. The Balaban J connectivity index is 1.66.